The number of pyridine rings is 1. The molecule has 0 fully saturated rings. The highest BCUT2D eigenvalue weighted by Gasteiger charge is 2.08. The van der Waals surface area contributed by atoms with Crippen LogP contribution in [0.25, 0.3) is 0 Å². The van der Waals surface area contributed by atoms with Crippen molar-refractivity contribution in [2.75, 3.05) is 11.9 Å². The number of anilines is 1. The van der Waals surface area contributed by atoms with Gasteiger partial charge in [-0.15, -0.1) is 0 Å². The highest BCUT2D eigenvalue weighted by atomic mass is 79.9. The van der Waals surface area contributed by atoms with Gasteiger partial charge in [-0.2, -0.15) is 0 Å². The fourth-order valence-corrected chi connectivity index (χ4v) is 2.74. The molecule has 0 bridgehead atoms. The van der Waals surface area contributed by atoms with Crippen molar-refractivity contribution < 1.29 is 0 Å². The van der Waals surface area contributed by atoms with Crippen LogP contribution in [0.4, 0.5) is 5.69 Å². The summed E-state index contributed by atoms with van der Waals surface area (Å²) in [6.07, 6.45) is 4.55. The number of aromatic nitrogens is 1. The lowest BCUT2D eigenvalue weighted by Gasteiger charge is -2.12. The van der Waals surface area contributed by atoms with Crippen LogP contribution in [0, 0.1) is 0 Å². The Labute approximate surface area is 126 Å². The fraction of sp³-hybridized carbons (Fsp3) is 0.143. The molecule has 1 heterocycles. The number of nitrogens with two attached hydrogens (primary N) is 1. The zero-order chi connectivity index (χ0) is 13.7. The number of hydrogen-bond donors (Lipinski definition) is 2. The molecular weight excluding hydrogens is 322 g/mol. The summed E-state index contributed by atoms with van der Waals surface area (Å²) >= 11 is 8.55. The van der Waals surface area contributed by atoms with Crippen molar-refractivity contribution in [1.29, 1.82) is 0 Å². The molecule has 0 spiro atoms. The molecule has 98 valence electrons. The Morgan fingerprint density at radius 3 is 2.84 bits per heavy atom. The molecule has 0 radical (unpaired) electrons. The van der Waals surface area contributed by atoms with Gasteiger partial charge in [0.1, 0.15) is 4.99 Å². The van der Waals surface area contributed by atoms with Crippen molar-refractivity contribution in [2.24, 2.45) is 5.73 Å². The number of halogens is 1. The van der Waals surface area contributed by atoms with E-state index in [1.165, 1.54) is 5.56 Å². The summed E-state index contributed by atoms with van der Waals surface area (Å²) in [5.41, 5.74) is 8.75. The van der Waals surface area contributed by atoms with Crippen LogP contribution in [0.15, 0.2) is 47.2 Å². The molecule has 1 aromatic heterocycles. The third-order valence-corrected chi connectivity index (χ3v) is 3.58. The van der Waals surface area contributed by atoms with E-state index in [0.717, 1.165) is 28.7 Å². The first-order chi connectivity index (χ1) is 9.18. The number of benzene rings is 1. The topological polar surface area (TPSA) is 50.9 Å². The van der Waals surface area contributed by atoms with Gasteiger partial charge >= 0.3 is 0 Å². The molecule has 0 atom stereocenters. The highest BCUT2D eigenvalue weighted by molar-refractivity contribution is 9.10. The number of rotatable bonds is 5. The highest BCUT2D eigenvalue weighted by Crippen LogP contribution is 2.24. The van der Waals surface area contributed by atoms with Gasteiger partial charge in [0.05, 0.1) is 0 Å². The summed E-state index contributed by atoms with van der Waals surface area (Å²) in [7, 11) is 0. The van der Waals surface area contributed by atoms with Gasteiger partial charge in [-0.1, -0.05) is 24.4 Å². The minimum Gasteiger partial charge on any atom is -0.389 e. The SMILES string of the molecule is NC(=S)c1c(Br)cccc1NCCc1cccnc1. The molecule has 0 aliphatic carbocycles. The monoisotopic (exact) mass is 335 g/mol. The number of hydrogen-bond acceptors (Lipinski definition) is 3. The van der Waals surface area contributed by atoms with Gasteiger partial charge < -0.3 is 11.1 Å². The van der Waals surface area contributed by atoms with Crippen LogP contribution < -0.4 is 11.1 Å². The van der Waals surface area contributed by atoms with E-state index in [4.69, 9.17) is 18.0 Å². The van der Waals surface area contributed by atoms with E-state index < -0.39 is 0 Å². The first-order valence-corrected chi connectivity index (χ1v) is 7.09. The third-order valence-electron chi connectivity index (χ3n) is 2.71. The Kier molecular flexibility index (Phi) is 4.87. The van der Waals surface area contributed by atoms with Crippen LogP contribution in [0.5, 0.6) is 0 Å². The summed E-state index contributed by atoms with van der Waals surface area (Å²) in [5, 5.41) is 3.36. The summed E-state index contributed by atoms with van der Waals surface area (Å²) in [4.78, 5) is 4.48. The minimum atomic E-state index is 0.386. The Balaban J connectivity index is 2.04. The van der Waals surface area contributed by atoms with Crippen molar-refractivity contribution >= 4 is 38.8 Å². The lowest BCUT2D eigenvalue weighted by molar-refractivity contribution is 1.00. The van der Waals surface area contributed by atoms with Gasteiger partial charge in [-0.3, -0.25) is 4.98 Å². The molecule has 1 aromatic carbocycles. The van der Waals surface area contributed by atoms with E-state index in [1.54, 1.807) is 6.20 Å². The molecule has 19 heavy (non-hydrogen) atoms. The zero-order valence-electron chi connectivity index (χ0n) is 10.3. The predicted molar refractivity (Wildman–Crippen MR) is 86.5 cm³/mol. The lowest BCUT2D eigenvalue weighted by atomic mass is 10.1. The van der Waals surface area contributed by atoms with Crippen molar-refractivity contribution in [1.82, 2.24) is 4.98 Å². The molecule has 0 unspecified atom stereocenters. The largest absolute Gasteiger partial charge is 0.389 e. The summed E-state index contributed by atoms with van der Waals surface area (Å²) < 4.78 is 0.909. The maximum absolute atomic E-state index is 5.75. The fourth-order valence-electron chi connectivity index (χ4n) is 1.81. The van der Waals surface area contributed by atoms with E-state index >= 15 is 0 Å². The van der Waals surface area contributed by atoms with Crippen molar-refractivity contribution in [3.63, 3.8) is 0 Å². The maximum Gasteiger partial charge on any atom is 0.107 e. The van der Waals surface area contributed by atoms with E-state index in [9.17, 15) is 0 Å². The van der Waals surface area contributed by atoms with Crippen LogP contribution in [0.2, 0.25) is 0 Å². The Morgan fingerprint density at radius 2 is 2.16 bits per heavy atom. The smallest absolute Gasteiger partial charge is 0.107 e. The molecular formula is C14H14BrN3S. The molecule has 0 saturated carbocycles. The quantitative estimate of drug-likeness (QED) is 0.824. The summed E-state index contributed by atoms with van der Waals surface area (Å²) in [6.45, 7) is 0.803. The number of nitrogens with zero attached hydrogens (tertiary/aromatic N) is 1. The molecule has 0 saturated heterocycles. The molecule has 3 N–H and O–H groups in total. The zero-order valence-corrected chi connectivity index (χ0v) is 12.7. The Bertz CT molecular complexity index is 572. The third kappa shape index (κ3) is 3.75. The first kappa shape index (κ1) is 14.0. The van der Waals surface area contributed by atoms with Gasteiger partial charge in [0.15, 0.2) is 0 Å². The van der Waals surface area contributed by atoms with Gasteiger partial charge in [-0.25, -0.2) is 0 Å². The van der Waals surface area contributed by atoms with Gasteiger partial charge in [0.25, 0.3) is 0 Å². The Morgan fingerprint density at radius 1 is 1.32 bits per heavy atom. The minimum absolute atomic E-state index is 0.386. The molecule has 0 aliphatic heterocycles. The molecule has 2 aromatic rings. The van der Waals surface area contributed by atoms with E-state index in [2.05, 4.69) is 32.3 Å². The van der Waals surface area contributed by atoms with E-state index in [1.807, 2.05) is 30.5 Å². The molecule has 2 rings (SSSR count). The van der Waals surface area contributed by atoms with Crippen LogP contribution in [0.3, 0.4) is 0 Å². The van der Waals surface area contributed by atoms with Crippen molar-refractivity contribution in [2.45, 2.75) is 6.42 Å². The summed E-state index contributed by atoms with van der Waals surface area (Å²) in [6, 6.07) is 9.86. The molecule has 0 aliphatic rings. The standard InChI is InChI=1S/C14H14BrN3S/c15-11-4-1-5-12(13(11)14(16)19)18-8-6-10-3-2-7-17-9-10/h1-5,7,9,18H,6,8H2,(H2,16,19). The van der Waals surface area contributed by atoms with Crippen LogP contribution in [-0.4, -0.2) is 16.5 Å². The van der Waals surface area contributed by atoms with E-state index in [0.29, 0.717) is 4.99 Å². The lowest BCUT2D eigenvalue weighted by Crippen LogP contribution is -2.15. The number of nitrogens with one attached hydrogen (secondary N) is 1. The van der Waals surface area contributed by atoms with Crippen LogP contribution in [-0.2, 0) is 6.42 Å². The van der Waals surface area contributed by atoms with Gasteiger partial charge in [-0.05, 0) is 46.1 Å². The predicted octanol–water partition coefficient (Wildman–Crippen LogP) is 3.13. The second-order valence-corrected chi connectivity index (χ2v) is 5.36. The average Bonchev–Trinajstić information content (AvgIpc) is 2.39. The van der Waals surface area contributed by atoms with Gasteiger partial charge in [0, 0.05) is 34.7 Å². The normalized spacial score (nSPS) is 10.2. The summed E-state index contributed by atoms with van der Waals surface area (Å²) in [5.74, 6) is 0. The van der Waals surface area contributed by atoms with Crippen LogP contribution in [0.1, 0.15) is 11.1 Å². The van der Waals surface area contributed by atoms with Crippen molar-refractivity contribution in [3.05, 3.63) is 58.3 Å². The van der Waals surface area contributed by atoms with Gasteiger partial charge in [0.2, 0.25) is 0 Å². The molecule has 5 heteroatoms. The second kappa shape index (κ2) is 6.63. The average molecular weight is 336 g/mol. The Hall–Kier alpha value is -1.46. The van der Waals surface area contributed by atoms with Crippen molar-refractivity contribution in [3.8, 4) is 0 Å². The maximum atomic E-state index is 5.75. The second-order valence-electron chi connectivity index (χ2n) is 4.06. The molecule has 0 amide bonds. The number of thiocarbonyl (C=S) groups is 1. The first-order valence-electron chi connectivity index (χ1n) is 5.89. The van der Waals surface area contributed by atoms with Crippen LogP contribution >= 0.6 is 28.1 Å². The molecule has 3 nitrogen and oxygen atoms in total. The van der Waals surface area contributed by atoms with E-state index in [-0.39, 0.29) is 0 Å².